The molecule has 0 aromatic heterocycles. The number of benzene rings is 2. The van der Waals surface area contributed by atoms with Gasteiger partial charge in [-0.1, -0.05) is 36.8 Å². The van der Waals surface area contributed by atoms with Crippen LogP contribution in [0.5, 0.6) is 5.75 Å². The van der Waals surface area contributed by atoms with E-state index in [1.807, 2.05) is 83.1 Å². The minimum absolute atomic E-state index is 0.119. The van der Waals surface area contributed by atoms with Crippen LogP contribution in [0.15, 0.2) is 48.5 Å². The topological polar surface area (TPSA) is 58.6 Å². The van der Waals surface area contributed by atoms with Gasteiger partial charge in [0.25, 0.3) is 5.91 Å². The molecular formula is C24H31IN2O3. The first-order valence-corrected chi connectivity index (χ1v) is 11.2. The lowest BCUT2D eigenvalue weighted by Gasteiger charge is -2.33. The molecule has 162 valence electrons. The van der Waals surface area contributed by atoms with Gasteiger partial charge in [-0.3, -0.25) is 9.59 Å². The average Bonchev–Trinajstić information content (AvgIpc) is 2.67. The second kappa shape index (κ2) is 10.8. The fraction of sp³-hybridized carbons (Fsp3) is 0.417. The number of aryl methyl sites for hydroxylation is 1. The van der Waals surface area contributed by atoms with Crippen molar-refractivity contribution < 1.29 is 14.3 Å². The summed E-state index contributed by atoms with van der Waals surface area (Å²) in [6.07, 6.45) is 0.517. The molecule has 0 aliphatic carbocycles. The fourth-order valence-electron chi connectivity index (χ4n) is 3.02. The van der Waals surface area contributed by atoms with Crippen LogP contribution in [-0.2, 0) is 16.1 Å². The highest BCUT2D eigenvalue weighted by atomic mass is 127. The highest BCUT2D eigenvalue weighted by Crippen LogP contribution is 2.17. The SMILES string of the molecule is CCC(C(=O)NC(C)(C)C)N(Cc1ccc(C)cc1)C(=O)COc1ccc(I)cc1. The van der Waals surface area contributed by atoms with Crippen molar-refractivity contribution in [3.8, 4) is 5.75 Å². The Labute approximate surface area is 193 Å². The number of hydrogen-bond donors (Lipinski definition) is 1. The molecule has 2 rings (SSSR count). The number of carbonyl (C=O) groups excluding carboxylic acids is 2. The second-order valence-corrected chi connectivity index (χ2v) is 9.66. The van der Waals surface area contributed by atoms with Crippen molar-refractivity contribution in [1.29, 1.82) is 0 Å². The number of nitrogens with one attached hydrogen (secondary N) is 1. The molecule has 2 amide bonds. The molecule has 0 radical (unpaired) electrons. The van der Waals surface area contributed by atoms with Gasteiger partial charge in [0.2, 0.25) is 5.91 Å². The molecule has 0 aliphatic rings. The van der Waals surface area contributed by atoms with E-state index in [1.165, 1.54) is 0 Å². The monoisotopic (exact) mass is 522 g/mol. The zero-order valence-electron chi connectivity index (χ0n) is 18.4. The number of nitrogens with zero attached hydrogens (tertiary/aromatic N) is 1. The first kappa shape index (κ1) is 24.2. The van der Waals surface area contributed by atoms with Crippen molar-refractivity contribution in [2.24, 2.45) is 0 Å². The maximum Gasteiger partial charge on any atom is 0.261 e. The minimum Gasteiger partial charge on any atom is -0.484 e. The predicted octanol–water partition coefficient (Wildman–Crippen LogP) is 4.70. The third-order valence-corrected chi connectivity index (χ3v) is 5.25. The molecular weight excluding hydrogens is 491 g/mol. The molecule has 0 saturated carbocycles. The Morgan fingerprint density at radius 3 is 2.20 bits per heavy atom. The third kappa shape index (κ3) is 7.63. The summed E-state index contributed by atoms with van der Waals surface area (Å²) in [6, 6.07) is 15.0. The molecule has 5 nitrogen and oxygen atoms in total. The Kier molecular flexibility index (Phi) is 8.70. The van der Waals surface area contributed by atoms with Crippen molar-refractivity contribution in [1.82, 2.24) is 10.2 Å². The first-order valence-electron chi connectivity index (χ1n) is 10.1. The number of hydrogen-bond acceptors (Lipinski definition) is 3. The van der Waals surface area contributed by atoms with Gasteiger partial charge in [0, 0.05) is 15.7 Å². The number of carbonyl (C=O) groups is 2. The fourth-order valence-corrected chi connectivity index (χ4v) is 3.38. The van der Waals surface area contributed by atoms with Crippen LogP contribution in [0.3, 0.4) is 0 Å². The molecule has 0 saturated heterocycles. The predicted molar refractivity (Wildman–Crippen MR) is 128 cm³/mol. The smallest absolute Gasteiger partial charge is 0.261 e. The third-order valence-electron chi connectivity index (χ3n) is 4.53. The van der Waals surface area contributed by atoms with E-state index in [2.05, 4.69) is 27.9 Å². The summed E-state index contributed by atoms with van der Waals surface area (Å²) in [7, 11) is 0. The van der Waals surface area contributed by atoms with E-state index in [0.717, 1.165) is 14.7 Å². The minimum atomic E-state index is -0.571. The number of ether oxygens (including phenoxy) is 1. The number of halogens is 1. The quantitative estimate of drug-likeness (QED) is 0.512. The standard InChI is InChI=1S/C24H31IN2O3/c1-6-21(23(29)26-24(3,4)5)27(15-18-9-7-17(2)8-10-18)22(28)16-30-20-13-11-19(25)12-14-20/h7-14,21H,6,15-16H2,1-5H3,(H,26,29). The highest BCUT2D eigenvalue weighted by molar-refractivity contribution is 14.1. The van der Waals surface area contributed by atoms with E-state index >= 15 is 0 Å². The molecule has 0 aliphatic heterocycles. The summed E-state index contributed by atoms with van der Waals surface area (Å²) in [4.78, 5) is 27.7. The van der Waals surface area contributed by atoms with Crippen molar-refractivity contribution in [3.63, 3.8) is 0 Å². The van der Waals surface area contributed by atoms with E-state index in [4.69, 9.17) is 4.74 Å². The van der Waals surface area contributed by atoms with Gasteiger partial charge in [-0.2, -0.15) is 0 Å². The summed E-state index contributed by atoms with van der Waals surface area (Å²) in [5.74, 6) is 0.260. The maximum atomic E-state index is 13.1. The molecule has 1 N–H and O–H groups in total. The van der Waals surface area contributed by atoms with E-state index in [0.29, 0.717) is 18.7 Å². The van der Waals surface area contributed by atoms with Gasteiger partial charge in [0.05, 0.1) is 0 Å². The molecule has 0 fully saturated rings. The molecule has 0 heterocycles. The molecule has 6 heteroatoms. The van der Waals surface area contributed by atoms with E-state index in [-0.39, 0.29) is 24.0 Å². The van der Waals surface area contributed by atoms with Crippen molar-refractivity contribution in [3.05, 3.63) is 63.2 Å². The maximum absolute atomic E-state index is 13.1. The lowest BCUT2D eigenvalue weighted by molar-refractivity contribution is -0.143. The Morgan fingerprint density at radius 1 is 1.07 bits per heavy atom. The number of rotatable bonds is 8. The Balaban J connectivity index is 2.21. The van der Waals surface area contributed by atoms with Gasteiger partial charge in [-0.25, -0.2) is 0 Å². The van der Waals surface area contributed by atoms with Crippen LogP contribution in [0, 0.1) is 10.5 Å². The summed E-state index contributed by atoms with van der Waals surface area (Å²) in [5, 5.41) is 3.01. The lowest BCUT2D eigenvalue weighted by Crippen LogP contribution is -2.54. The summed E-state index contributed by atoms with van der Waals surface area (Å²) in [5.41, 5.74) is 1.75. The van der Waals surface area contributed by atoms with Crippen LogP contribution >= 0.6 is 22.6 Å². The molecule has 1 atom stereocenters. The van der Waals surface area contributed by atoms with Gasteiger partial charge in [0.15, 0.2) is 6.61 Å². The second-order valence-electron chi connectivity index (χ2n) is 8.41. The van der Waals surface area contributed by atoms with Crippen LogP contribution in [0.1, 0.15) is 45.2 Å². The van der Waals surface area contributed by atoms with Gasteiger partial charge in [0.1, 0.15) is 11.8 Å². The van der Waals surface area contributed by atoms with Crippen LogP contribution in [0.4, 0.5) is 0 Å². The average molecular weight is 522 g/mol. The Morgan fingerprint density at radius 2 is 1.67 bits per heavy atom. The first-order chi connectivity index (χ1) is 14.1. The van der Waals surface area contributed by atoms with E-state index < -0.39 is 6.04 Å². The van der Waals surface area contributed by atoms with Crippen molar-refractivity contribution >= 4 is 34.4 Å². The molecule has 0 spiro atoms. The zero-order valence-corrected chi connectivity index (χ0v) is 20.5. The molecule has 2 aromatic carbocycles. The zero-order chi connectivity index (χ0) is 22.3. The van der Waals surface area contributed by atoms with Crippen LogP contribution in [0.2, 0.25) is 0 Å². The van der Waals surface area contributed by atoms with Gasteiger partial charge in [-0.05, 0) is 86.5 Å². The molecule has 2 aromatic rings. The Hall–Kier alpha value is -2.09. The summed E-state index contributed by atoms with van der Waals surface area (Å²) < 4.78 is 6.80. The van der Waals surface area contributed by atoms with Crippen molar-refractivity contribution in [2.75, 3.05) is 6.61 Å². The lowest BCUT2D eigenvalue weighted by atomic mass is 10.1. The number of amides is 2. The summed E-state index contributed by atoms with van der Waals surface area (Å²) in [6.45, 7) is 9.98. The van der Waals surface area contributed by atoms with Gasteiger partial charge < -0.3 is 15.0 Å². The molecule has 1 unspecified atom stereocenters. The van der Waals surface area contributed by atoms with Gasteiger partial charge >= 0.3 is 0 Å². The molecule has 30 heavy (non-hydrogen) atoms. The van der Waals surface area contributed by atoms with E-state index in [9.17, 15) is 9.59 Å². The van der Waals surface area contributed by atoms with E-state index in [1.54, 1.807) is 4.90 Å². The normalized spacial score (nSPS) is 12.2. The Bertz CT molecular complexity index is 842. The van der Waals surface area contributed by atoms with Crippen LogP contribution in [0.25, 0.3) is 0 Å². The largest absolute Gasteiger partial charge is 0.484 e. The highest BCUT2D eigenvalue weighted by Gasteiger charge is 2.30. The molecule has 0 bridgehead atoms. The van der Waals surface area contributed by atoms with Gasteiger partial charge in [-0.15, -0.1) is 0 Å². The summed E-state index contributed by atoms with van der Waals surface area (Å²) >= 11 is 2.22. The van der Waals surface area contributed by atoms with Crippen LogP contribution < -0.4 is 10.1 Å². The van der Waals surface area contributed by atoms with Crippen molar-refractivity contribution in [2.45, 2.75) is 59.2 Å². The van der Waals surface area contributed by atoms with Crippen LogP contribution in [-0.4, -0.2) is 34.9 Å².